The van der Waals surface area contributed by atoms with Crippen LogP contribution >= 0.6 is 0 Å². The van der Waals surface area contributed by atoms with Gasteiger partial charge in [-0.1, -0.05) is 93.0 Å². The second-order valence-electron chi connectivity index (χ2n) is 6.45. The highest BCUT2D eigenvalue weighted by atomic mass is 13.8. The molecule has 11 heteroatoms. The third-order valence-electron chi connectivity index (χ3n) is 4.49. The van der Waals surface area contributed by atoms with Crippen LogP contribution in [0.2, 0.25) is 12.6 Å². The van der Waals surface area contributed by atoms with E-state index in [2.05, 4.69) is 19.6 Å². The van der Waals surface area contributed by atoms with E-state index in [1.54, 1.807) is 6.08 Å². The average Bonchev–Trinajstić information content (AvgIpc) is 2.63. The third kappa shape index (κ3) is 12.3. The molecule has 0 fully saturated rings. The van der Waals surface area contributed by atoms with Gasteiger partial charge in [-0.3, -0.25) is 0 Å². The molecule has 119 valence electrons. The topological polar surface area (TPSA) is 0 Å². The molecule has 11 radical (unpaired) electrons. The maximum absolute atomic E-state index is 6.00. The number of hydrogen-bond donors (Lipinski definition) is 0. The Hall–Kier alpha value is -0.846. The smallest absolute Gasteiger partial charge is 0.0904 e. The SMILES string of the molecule is [B][B]B(B([B])[B])B(B([B])[B])B(CC)CC/C=C/C=C/C=C/C=C/C=C/C=C. The van der Waals surface area contributed by atoms with Crippen molar-refractivity contribution >= 4 is 77.9 Å². The Morgan fingerprint density at radius 3 is 1.74 bits per heavy atom. The molecule has 0 aliphatic heterocycles. The van der Waals surface area contributed by atoms with Crippen molar-refractivity contribution < 1.29 is 0 Å². The van der Waals surface area contributed by atoms with Crippen molar-refractivity contribution in [3.8, 4) is 0 Å². The molecule has 0 saturated heterocycles. The summed E-state index contributed by atoms with van der Waals surface area (Å²) in [5.41, 5.74) is 0. The fourth-order valence-corrected chi connectivity index (χ4v) is 3.08. The molecule has 0 aromatic carbocycles. The molecule has 27 heavy (non-hydrogen) atoms. The van der Waals surface area contributed by atoms with Crippen molar-refractivity contribution in [1.82, 2.24) is 0 Å². The Morgan fingerprint density at radius 2 is 1.33 bits per heavy atom. The van der Waals surface area contributed by atoms with Gasteiger partial charge in [-0.05, 0) is 6.42 Å². The summed E-state index contributed by atoms with van der Waals surface area (Å²) >= 11 is 0. The van der Waals surface area contributed by atoms with Gasteiger partial charge in [-0.15, -0.1) is 0 Å². The zero-order valence-electron chi connectivity index (χ0n) is 16.5. The van der Waals surface area contributed by atoms with E-state index in [1.807, 2.05) is 54.7 Å². The van der Waals surface area contributed by atoms with Gasteiger partial charge in [0.1, 0.15) is 0 Å². The highest BCUT2D eigenvalue weighted by Crippen LogP contribution is 2.11. The summed E-state index contributed by atoms with van der Waals surface area (Å²) in [6, 6.07) is 0. The van der Waals surface area contributed by atoms with Crippen LogP contribution in [0.5, 0.6) is 0 Å². The molecule has 0 rings (SSSR count). The number of rotatable bonds is 14. The summed E-state index contributed by atoms with van der Waals surface area (Å²) in [6.45, 7) is 6.05. The van der Waals surface area contributed by atoms with E-state index in [1.165, 1.54) is 7.06 Å². The highest BCUT2D eigenvalue weighted by molar-refractivity contribution is 8.03. The molecule has 0 N–H and O–H groups in total. The first-order valence-corrected chi connectivity index (χ1v) is 9.51. The van der Waals surface area contributed by atoms with Crippen molar-refractivity contribution in [2.75, 3.05) is 0 Å². The summed E-state index contributed by atoms with van der Waals surface area (Å²) < 4.78 is 0. The van der Waals surface area contributed by atoms with Crippen molar-refractivity contribution in [2.24, 2.45) is 0 Å². The van der Waals surface area contributed by atoms with Crippen LogP contribution in [0.25, 0.3) is 0 Å². The Bertz CT molecular complexity index is 522. The first kappa shape index (κ1) is 26.2. The van der Waals surface area contributed by atoms with Crippen LogP contribution in [-0.4, -0.2) is 77.9 Å². The minimum absolute atomic E-state index is 0.0335. The average molecular weight is 333 g/mol. The largest absolute Gasteiger partial charge is 0.0991 e. The second-order valence-corrected chi connectivity index (χ2v) is 6.45. The first-order chi connectivity index (χ1) is 13.0. The molecule has 0 nitrogen and oxygen atoms in total. The Kier molecular flexibility index (Phi) is 16.7. The molecule has 0 aromatic heterocycles. The highest BCUT2D eigenvalue weighted by Gasteiger charge is 2.36. The van der Waals surface area contributed by atoms with Crippen LogP contribution in [-0.2, 0) is 0 Å². The monoisotopic (exact) mass is 335 g/mol. The van der Waals surface area contributed by atoms with E-state index in [4.69, 9.17) is 38.7 Å². The van der Waals surface area contributed by atoms with E-state index in [9.17, 15) is 0 Å². The number of hydrogen-bond acceptors (Lipinski definition) is 0. The lowest BCUT2D eigenvalue weighted by molar-refractivity contribution is 1.18. The van der Waals surface area contributed by atoms with Crippen LogP contribution in [0.15, 0.2) is 73.4 Å². The van der Waals surface area contributed by atoms with E-state index < -0.39 is 12.8 Å². The van der Waals surface area contributed by atoms with E-state index in [-0.39, 0.29) is 12.8 Å². The van der Waals surface area contributed by atoms with Gasteiger partial charge >= 0.3 is 0 Å². The van der Waals surface area contributed by atoms with Gasteiger partial charge in [0.25, 0.3) is 0 Å². The lowest BCUT2D eigenvalue weighted by atomic mass is 8.53. The van der Waals surface area contributed by atoms with Crippen molar-refractivity contribution in [3.63, 3.8) is 0 Å². The molecular weight excluding hydrogens is 311 g/mol. The Morgan fingerprint density at radius 1 is 0.815 bits per heavy atom. The molecule has 0 atom stereocenters. The summed E-state index contributed by atoms with van der Waals surface area (Å²) in [5, 5.41) is 0. The lowest BCUT2D eigenvalue weighted by Crippen LogP contribution is -2.68. The van der Waals surface area contributed by atoms with E-state index in [0.29, 0.717) is 6.60 Å². The molecule has 0 aromatic rings. The van der Waals surface area contributed by atoms with Gasteiger partial charge in [0.2, 0.25) is 0 Å². The maximum Gasteiger partial charge on any atom is 0.0904 e. The molecule has 0 aliphatic rings. The number of allylic oxidation sites excluding steroid dienone is 11. The Balaban J connectivity index is 4.51. The summed E-state index contributed by atoms with van der Waals surface area (Å²) in [5.74, 6) is 0. The van der Waals surface area contributed by atoms with Gasteiger partial charge in [-0.25, -0.2) is 0 Å². The van der Waals surface area contributed by atoms with Crippen LogP contribution in [0.4, 0.5) is 0 Å². The molecule has 0 bridgehead atoms. The molecule has 0 unspecified atom stereocenters. The second kappa shape index (κ2) is 17.3. The molecule has 0 saturated carbocycles. The fraction of sp³-hybridized carbons (Fsp3) is 0.250. The molecule has 0 heterocycles. The maximum atomic E-state index is 6.00. The molecular formula is C16H22B11. The van der Waals surface area contributed by atoms with Crippen LogP contribution < -0.4 is 0 Å². The van der Waals surface area contributed by atoms with Crippen molar-refractivity contribution in [3.05, 3.63) is 73.4 Å². The third-order valence-corrected chi connectivity index (χ3v) is 4.49. The quantitative estimate of drug-likeness (QED) is 0.330. The summed E-state index contributed by atoms with van der Waals surface area (Å²) in [4.78, 5) is 0. The molecule has 0 aliphatic carbocycles. The van der Waals surface area contributed by atoms with Gasteiger partial charge < -0.3 is 0 Å². The van der Waals surface area contributed by atoms with Crippen LogP contribution in [0.3, 0.4) is 0 Å². The van der Waals surface area contributed by atoms with E-state index >= 15 is 0 Å². The van der Waals surface area contributed by atoms with Crippen molar-refractivity contribution in [1.29, 1.82) is 0 Å². The predicted molar refractivity (Wildman–Crippen MR) is 139 cm³/mol. The lowest BCUT2D eigenvalue weighted by Gasteiger charge is -2.33. The fourth-order valence-electron chi connectivity index (χ4n) is 3.08. The first-order valence-electron chi connectivity index (χ1n) is 9.51. The summed E-state index contributed by atoms with van der Waals surface area (Å²) in [7, 11) is 31.0. The molecule has 0 amide bonds. The standard InChI is InChI=1S/C16H22B11/c1-3-5-6-7-8-9-10-11-12-13-14-15-16-23(4-2)27(25(20)21)26(22-17)24(18)19/h3,5-14H,1,4,15-16H2,2H3/b6-5+,8-7+,10-9+,12-11+,14-13+. The minimum atomic E-state index is -0.560. The normalized spacial score (nSPS) is 11.7. The van der Waals surface area contributed by atoms with Gasteiger partial charge in [0, 0.05) is 71.3 Å². The predicted octanol–water partition coefficient (Wildman–Crippen LogP) is 1.10. The Labute approximate surface area is 177 Å². The van der Waals surface area contributed by atoms with Gasteiger partial charge in [0.15, 0.2) is 0 Å². The van der Waals surface area contributed by atoms with Crippen molar-refractivity contribution in [2.45, 2.75) is 26.0 Å². The zero-order valence-corrected chi connectivity index (χ0v) is 16.5. The minimum Gasteiger partial charge on any atom is -0.0991 e. The van der Waals surface area contributed by atoms with E-state index in [0.717, 1.165) is 19.1 Å². The van der Waals surface area contributed by atoms with Crippen LogP contribution in [0.1, 0.15) is 13.3 Å². The van der Waals surface area contributed by atoms with Gasteiger partial charge in [0.05, 0.1) is 6.60 Å². The van der Waals surface area contributed by atoms with Gasteiger partial charge in [-0.2, -0.15) is 0 Å². The van der Waals surface area contributed by atoms with Crippen LogP contribution in [0, 0.1) is 0 Å². The summed E-state index contributed by atoms with van der Waals surface area (Å²) in [6.07, 6.45) is 23.1. The molecule has 0 spiro atoms. The zero-order chi connectivity index (χ0) is 20.5.